The maximum atomic E-state index is 13.3. The van der Waals surface area contributed by atoms with Gasteiger partial charge in [0.1, 0.15) is 5.75 Å². The van der Waals surface area contributed by atoms with Gasteiger partial charge in [-0.15, -0.1) is 5.10 Å². The molecule has 1 amide bonds. The van der Waals surface area contributed by atoms with Crippen LogP contribution in [0.2, 0.25) is 0 Å². The Labute approximate surface area is 168 Å². The zero-order valence-electron chi connectivity index (χ0n) is 16.2. The molecule has 0 bridgehead atoms. The number of likely N-dealkylation sites (tertiary alicyclic amines) is 1. The number of amides is 1. The van der Waals surface area contributed by atoms with Gasteiger partial charge in [-0.25, -0.2) is 4.68 Å². The molecule has 1 fully saturated rings. The Balaban J connectivity index is 1.41. The average molecular weight is 390 g/mol. The molecule has 0 saturated carbocycles. The molecule has 0 spiro atoms. The number of nitrogens with zero attached hydrogens (tertiary/aromatic N) is 4. The zero-order chi connectivity index (χ0) is 19.8. The van der Waals surface area contributed by atoms with Crippen LogP contribution in [0.4, 0.5) is 0 Å². The van der Waals surface area contributed by atoms with Crippen molar-refractivity contribution in [3.63, 3.8) is 0 Å². The highest BCUT2D eigenvalue weighted by molar-refractivity contribution is 5.95. The quantitative estimate of drug-likeness (QED) is 0.688. The molecule has 3 aromatic rings. The molecule has 0 aliphatic carbocycles. The second-order valence-corrected chi connectivity index (χ2v) is 7.41. The number of ether oxygens (including phenoxy) is 2. The normalized spacial score (nSPS) is 20.7. The van der Waals surface area contributed by atoms with E-state index in [1.54, 1.807) is 13.3 Å². The molecule has 0 radical (unpaired) electrons. The third-order valence-corrected chi connectivity index (χ3v) is 5.74. The molecule has 2 aromatic carbocycles. The fourth-order valence-corrected chi connectivity index (χ4v) is 4.25. The zero-order valence-corrected chi connectivity index (χ0v) is 16.2. The SMILES string of the molecule is COc1ccccc1-c1cccc(C(=O)N2CCC3OCc4cnnn4C3C2)c1. The Morgan fingerprint density at radius 1 is 1.21 bits per heavy atom. The molecule has 1 aromatic heterocycles. The van der Waals surface area contributed by atoms with Gasteiger partial charge in [0.2, 0.25) is 0 Å². The summed E-state index contributed by atoms with van der Waals surface area (Å²) >= 11 is 0. The van der Waals surface area contributed by atoms with Crippen molar-refractivity contribution in [1.29, 1.82) is 0 Å². The van der Waals surface area contributed by atoms with E-state index in [0.29, 0.717) is 25.3 Å². The summed E-state index contributed by atoms with van der Waals surface area (Å²) in [4.78, 5) is 15.2. The topological polar surface area (TPSA) is 69.5 Å². The summed E-state index contributed by atoms with van der Waals surface area (Å²) in [6.45, 7) is 1.77. The maximum absolute atomic E-state index is 13.3. The van der Waals surface area contributed by atoms with Crippen LogP contribution in [0, 0.1) is 0 Å². The van der Waals surface area contributed by atoms with E-state index in [4.69, 9.17) is 9.47 Å². The summed E-state index contributed by atoms with van der Waals surface area (Å²) in [5.74, 6) is 0.809. The number of carbonyl (C=O) groups excluding carboxylic acids is 1. The molecule has 0 N–H and O–H groups in total. The molecule has 148 valence electrons. The highest BCUT2D eigenvalue weighted by Crippen LogP contribution is 2.32. The number of carbonyl (C=O) groups is 1. The molecular weight excluding hydrogens is 368 g/mol. The largest absolute Gasteiger partial charge is 0.496 e. The smallest absolute Gasteiger partial charge is 0.253 e. The molecule has 5 rings (SSSR count). The minimum atomic E-state index is 0.0105. The Hall–Kier alpha value is -3.19. The highest BCUT2D eigenvalue weighted by atomic mass is 16.5. The van der Waals surface area contributed by atoms with Gasteiger partial charge in [-0.2, -0.15) is 0 Å². The standard InChI is InChI=1S/C22H22N4O3/c1-28-20-8-3-2-7-18(20)15-5-4-6-16(11-15)22(27)25-10-9-21-19(13-25)26-17(14-29-21)12-23-24-26/h2-8,11-12,19,21H,9-10,13-14H2,1H3. The van der Waals surface area contributed by atoms with Gasteiger partial charge < -0.3 is 14.4 Å². The van der Waals surface area contributed by atoms with Crippen LogP contribution in [-0.4, -0.2) is 52.1 Å². The van der Waals surface area contributed by atoms with E-state index in [1.165, 1.54) is 0 Å². The molecule has 2 atom stereocenters. The van der Waals surface area contributed by atoms with Crippen LogP contribution >= 0.6 is 0 Å². The average Bonchev–Trinajstić information content (AvgIpc) is 3.28. The van der Waals surface area contributed by atoms with Crippen molar-refractivity contribution in [3.8, 4) is 16.9 Å². The first kappa shape index (κ1) is 17.9. The van der Waals surface area contributed by atoms with Crippen LogP contribution in [0.25, 0.3) is 11.1 Å². The van der Waals surface area contributed by atoms with Crippen LogP contribution in [0.5, 0.6) is 5.75 Å². The van der Waals surface area contributed by atoms with Crippen molar-refractivity contribution in [2.45, 2.75) is 25.2 Å². The van der Waals surface area contributed by atoms with E-state index in [9.17, 15) is 4.79 Å². The number of rotatable bonds is 3. The van der Waals surface area contributed by atoms with Gasteiger partial charge in [-0.05, 0) is 30.2 Å². The Bertz CT molecular complexity index is 1050. The van der Waals surface area contributed by atoms with Gasteiger partial charge >= 0.3 is 0 Å². The molecule has 2 aliphatic heterocycles. The predicted molar refractivity (Wildman–Crippen MR) is 107 cm³/mol. The summed E-state index contributed by atoms with van der Waals surface area (Å²) in [7, 11) is 1.66. The van der Waals surface area contributed by atoms with Gasteiger partial charge in [0, 0.05) is 24.2 Å². The number of benzene rings is 2. The minimum absolute atomic E-state index is 0.0105. The van der Waals surface area contributed by atoms with Crippen LogP contribution in [0.1, 0.15) is 28.5 Å². The van der Waals surface area contributed by atoms with Gasteiger partial charge in [-0.3, -0.25) is 4.79 Å². The highest BCUT2D eigenvalue weighted by Gasteiger charge is 2.38. The van der Waals surface area contributed by atoms with Crippen LogP contribution in [-0.2, 0) is 11.3 Å². The summed E-state index contributed by atoms with van der Waals surface area (Å²) in [6.07, 6.45) is 2.60. The third kappa shape index (κ3) is 3.17. The van der Waals surface area contributed by atoms with Crippen LogP contribution in [0.3, 0.4) is 0 Å². The van der Waals surface area contributed by atoms with Crippen molar-refractivity contribution in [2.24, 2.45) is 0 Å². The number of hydrogen-bond donors (Lipinski definition) is 0. The number of hydrogen-bond acceptors (Lipinski definition) is 5. The summed E-state index contributed by atoms with van der Waals surface area (Å²) in [6, 6.07) is 15.6. The minimum Gasteiger partial charge on any atom is -0.496 e. The number of fused-ring (bicyclic) bond motifs is 3. The van der Waals surface area contributed by atoms with E-state index in [2.05, 4.69) is 10.3 Å². The lowest BCUT2D eigenvalue weighted by Gasteiger charge is -2.41. The lowest BCUT2D eigenvalue weighted by atomic mass is 9.98. The van der Waals surface area contributed by atoms with Crippen LogP contribution in [0.15, 0.2) is 54.7 Å². The van der Waals surface area contributed by atoms with Crippen LogP contribution < -0.4 is 4.74 Å². The van der Waals surface area contributed by atoms with E-state index in [-0.39, 0.29) is 18.1 Å². The molecule has 3 heterocycles. The van der Waals surface area contributed by atoms with E-state index < -0.39 is 0 Å². The van der Waals surface area contributed by atoms with E-state index in [0.717, 1.165) is 29.0 Å². The van der Waals surface area contributed by atoms with Gasteiger partial charge in [0.25, 0.3) is 5.91 Å². The molecule has 2 aliphatic rings. The molecule has 1 saturated heterocycles. The Morgan fingerprint density at radius 3 is 3.00 bits per heavy atom. The van der Waals surface area contributed by atoms with Crippen molar-refractivity contribution < 1.29 is 14.3 Å². The van der Waals surface area contributed by atoms with Crippen molar-refractivity contribution in [2.75, 3.05) is 20.2 Å². The lowest BCUT2D eigenvalue weighted by molar-refractivity contribution is -0.0605. The summed E-state index contributed by atoms with van der Waals surface area (Å²) in [5.41, 5.74) is 3.56. The van der Waals surface area contributed by atoms with Gasteiger partial charge in [0.15, 0.2) is 0 Å². The maximum Gasteiger partial charge on any atom is 0.253 e. The molecular formula is C22H22N4O3. The molecule has 29 heavy (non-hydrogen) atoms. The van der Waals surface area contributed by atoms with Crippen molar-refractivity contribution in [1.82, 2.24) is 19.9 Å². The number of para-hydroxylation sites is 1. The Morgan fingerprint density at radius 2 is 2.10 bits per heavy atom. The number of aromatic nitrogens is 3. The van der Waals surface area contributed by atoms with Gasteiger partial charge in [-0.1, -0.05) is 35.5 Å². The van der Waals surface area contributed by atoms with E-state index in [1.807, 2.05) is 58.1 Å². The number of methoxy groups -OCH3 is 1. The predicted octanol–water partition coefficient (Wildman–Crippen LogP) is 2.94. The first-order valence-electron chi connectivity index (χ1n) is 9.78. The van der Waals surface area contributed by atoms with Crippen molar-refractivity contribution in [3.05, 3.63) is 66.0 Å². The Kier molecular flexibility index (Phi) is 4.52. The van der Waals surface area contributed by atoms with Gasteiger partial charge in [0.05, 0.1) is 37.8 Å². The lowest BCUT2D eigenvalue weighted by Crippen LogP contribution is -2.49. The van der Waals surface area contributed by atoms with E-state index >= 15 is 0 Å². The molecule has 7 nitrogen and oxygen atoms in total. The second kappa shape index (κ2) is 7.33. The van der Waals surface area contributed by atoms with Crippen molar-refractivity contribution >= 4 is 5.91 Å². The second-order valence-electron chi connectivity index (χ2n) is 7.41. The fraction of sp³-hybridized carbons (Fsp3) is 0.318. The molecule has 7 heteroatoms. The first-order chi connectivity index (χ1) is 14.2. The monoisotopic (exact) mass is 390 g/mol. The fourth-order valence-electron chi connectivity index (χ4n) is 4.25. The first-order valence-corrected chi connectivity index (χ1v) is 9.78. The molecule has 2 unspecified atom stereocenters. The summed E-state index contributed by atoms with van der Waals surface area (Å²) < 4.78 is 13.3. The third-order valence-electron chi connectivity index (χ3n) is 5.74. The summed E-state index contributed by atoms with van der Waals surface area (Å²) in [5, 5.41) is 8.22. The number of piperidine rings is 1.